The molecule has 0 amide bonds. The van der Waals surface area contributed by atoms with Crippen LogP contribution in [0.3, 0.4) is 0 Å². The lowest BCUT2D eigenvalue weighted by molar-refractivity contribution is 0.407. The molecule has 0 aliphatic carbocycles. The summed E-state index contributed by atoms with van der Waals surface area (Å²) in [5.74, 6) is -1.49. The van der Waals surface area contributed by atoms with Crippen LogP contribution >= 0.6 is 0 Å². The maximum absolute atomic E-state index is 11.3. The normalized spacial score (nSPS) is 12.7. The Hall–Kier alpha value is -1.88. The number of rotatable bonds is 2. The molecule has 108 valence electrons. The van der Waals surface area contributed by atoms with Gasteiger partial charge in [-0.3, -0.25) is 9.11 Å². The molecule has 0 radical (unpaired) electrons. The van der Waals surface area contributed by atoms with Gasteiger partial charge in [-0.2, -0.15) is 16.8 Å². The van der Waals surface area contributed by atoms with Crippen molar-refractivity contribution >= 4 is 31.0 Å². The van der Waals surface area contributed by atoms with E-state index in [2.05, 4.69) is 0 Å². The average molecular weight is 320 g/mol. The first kappa shape index (κ1) is 14.5. The largest absolute Gasteiger partial charge is 0.504 e. The van der Waals surface area contributed by atoms with E-state index < -0.39 is 46.9 Å². The molecule has 0 aromatic heterocycles. The smallest absolute Gasteiger partial charge is 0.295 e. The summed E-state index contributed by atoms with van der Waals surface area (Å²) in [6.45, 7) is 0. The van der Waals surface area contributed by atoms with Gasteiger partial charge < -0.3 is 10.2 Å². The zero-order chi connectivity index (χ0) is 15.3. The van der Waals surface area contributed by atoms with Gasteiger partial charge in [0.15, 0.2) is 11.5 Å². The highest BCUT2D eigenvalue weighted by atomic mass is 32.2. The topological polar surface area (TPSA) is 149 Å². The third kappa shape index (κ3) is 2.41. The van der Waals surface area contributed by atoms with Crippen molar-refractivity contribution in [2.75, 3.05) is 0 Å². The highest BCUT2D eigenvalue weighted by Crippen LogP contribution is 2.38. The second kappa shape index (κ2) is 4.31. The molecular formula is C10H8O8S2. The Morgan fingerprint density at radius 2 is 1.45 bits per heavy atom. The molecule has 0 spiro atoms. The van der Waals surface area contributed by atoms with E-state index in [0.29, 0.717) is 6.07 Å². The van der Waals surface area contributed by atoms with Crippen molar-refractivity contribution in [2.45, 2.75) is 9.79 Å². The third-order valence-corrected chi connectivity index (χ3v) is 4.29. The van der Waals surface area contributed by atoms with Gasteiger partial charge in [0, 0.05) is 5.39 Å². The van der Waals surface area contributed by atoms with Crippen LogP contribution in [0.1, 0.15) is 0 Å². The minimum Gasteiger partial charge on any atom is -0.504 e. The van der Waals surface area contributed by atoms with Crippen LogP contribution in [0.2, 0.25) is 0 Å². The van der Waals surface area contributed by atoms with Gasteiger partial charge >= 0.3 is 0 Å². The van der Waals surface area contributed by atoms with Gasteiger partial charge in [-0.05, 0) is 23.6 Å². The van der Waals surface area contributed by atoms with Crippen LogP contribution in [-0.2, 0) is 20.2 Å². The highest BCUT2D eigenvalue weighted by Gasteiger charge is 2.23. The van der Waals surface area contributed by atoms with Crippen LogP contribution in [0, 0.1) is 0 Å². The SMILES string of the molecule is O=S(=O)(O)c1cc(S(=O)(=O)O)c2c(O)c(O)ccc2c1. The molecule has 0 saturated carbocycles. The summed E-state index contributed by atoms with van der Waals surface area (Å²) in [7, 11) is -9.62. The molecule has 10 heteroatoms. The molecule has 2 rings (SSSR count). The Morgan fingerprint density at radius 1 is 0.850 bits per heavy atom. The molecule has 0 aliphatic heterocycles. The number of benzene rings is 2. The monoisotopic (exact) mass is 320 g/mol. The van der Waals surface area contributed by atoms with E-state index in [1.807, 2.05) is 0 Å². The van der Waals surface area contributed by atoms with Crippen LogP contribution in [0.25, 0.3) is 10.8 Å². The Labute approximate surface area is 113 Å². The second-order valence-electron chi connectivity index (χ2n) is 3.90. The van der Waals surface area contributed by atoms with Crippen molar-refractivity contribution in [3.63, 3.8) is 0 Å². The van der Waals surface area contributed by atoms with Crippen molar-refractivity contribution < 1.29 is 36.2 Å². The first-order valence-electron chi connectivity index (χ1n) is 4.95. The fraction of sp³-hybridized carbons (Fsp3) is 0. The minimum atomic E-state index is -4.90. The number of phenols is 2. The average Bonchev–Trinajstić information content (AvgIpc) is 2.30. The molecular weight excluding hydrogens is 312 g/mol. The van der Waals surface area contributed by atoms with Gasteiger partial charge in [-0.15, -0.1) is 0 Å². The molecule has 0 atom stereocenters. The maximum atomic E-state index is 11.3. The lowest BCUT2D eigenvalue weighted by Crippen LogP contribution is -2.04. The quantitative estimate of drug-likeness (QED) is 0.467. The van der Waals surface area contributed by atoms with Crippen molar-refractivity contribution in [2.24, 2.45) is 0 Å². The number of aromatic hydroxyl groups is 2. The summed E-state index contributed by atoms with van der Waals surface area (Å²) in [6.07, 6.45) is 0. The molecule has 2 aromatic carbocycles. The first-order chi connectivity index (χ1) is 9.01. The molecule has 0 aliphatic rings. The summed E-state index contributed by atoms with van der Waals surface area (Å²) >= 11 is 0. The summed E-state index contributed by atoms with van der Waals surface area (Å²) < 4.78 is 62.7. The number of hydrogen-bond acceptors (Lipinski definition) is 6. The van der Waals surface area contributed by atoms with Crippen molar-refractivity contribution in [1.82, 2.24) is 0 Å². The fourth-order valence-corrected chi connectivity index (χ4v) is 3.09. The number of phenolic OH excluding ortho intramolecular Hbond substituents is 2. The van der Waals surface area contributed by atoms with E-state index in [4.69, 9.17) is 9.11 Å². The van der Waals surface area contributed by atoms with E-state index >= 15 is 0 Å². The fourth-order valence-electron chi connectivity index (χ4n) is 1.72. The van der Waals surface area contributed by atoms with E-state index in [9.17, 15) is 27.0 Å². The molecule has 0 saturated heterocycles. The highest BCUT2D eigenvalue weighted by molar-refractivity contribution is 7.86. The number of hydrogen-bond donors (Lipinski definition) is 4. The maximum Gasteiger partial charge on any atom is 0.295 e. The summed E-state index contributed by atoms with van der Waals surface area (Å²) in [5.41, 5.74) is 0. The van der Waals surface area contributed by atoms with Crippen molar-refractivity contribution in [3.8, 4) is 11.5 Å². The van der Waals surface area contributed by atoms with Crippen molar-refractivity contribution in [1.29, 1.82) is 0 Å². The molecule has 4 N–H and O–H groups in total. The predicted octanol–water partition coefficient (Wildman–Crippen LogP) is 0.744. The molecule has 2 aromatic rings. The molecule has 0 fully saturated rings. The zero-order valence-corrected chi connectivity index (χ0v) is 11.2. The van der Waals surface area contributed by atoms with Gasteiger partial charge in [-0.1, -0.05) is 6.07 Å². The van der Waals surface area contributed by atoms with Crippen LogP contribution in [0.5, 0.6) is 11.5 Å². The summed E-state index contributed by atoms with van der Waals surface area (Å²) in [5, 5.41) is 18.4. The van der Waals surface area contributed by atoms with Gasteiger partial charge in [0.25, 0.3) is 20.2 Å². The minimum absolute atomic E-state index is 0.108. The van der Waals surface area contributed by atoms with Crippen LogP contribution in [0.4, 0.5) is 0 Å². The Bertz CT molecular complexity index is 912. The van der Waals surface area contributed by atoms with Gasteiger partial charge in [0.05, 0.1) is 4.90 Å². The van der Waals surface area contributed by atoms with E-state index in [-0.39, 0.29) is 5.39 Å². The van der Waals surface area contributed by atoms with E-state index in [1.54, 1.807) is 0 Å². The van der Waals surface area contributed by atoms with Crippen LogP contribution < -0.4 is 0 Å². The predicted molar refractivity (Wildman–Crippen MR) is 66.9 cm³/mol. The van der Waals surface area contributed by atoms with Gasteiger partial charge in [0.1, 0.15) is 4.90 Å². The molecule has 0 heterocycles. The standard InChI is InChI=1S/C10H8O8S2/c11-7-2-1-5-3-6(19(13,14)15)4-8(20(16,17)18)9(5)10(7)12/h1-4,11-12H,(H,13,14,15)(H,16,17,18). The van der Waals surface area contributed by atoms with Crippen molar-refractivity contribution in [3.05, 3.63) is 24.3 Å². The van der Waals surface area contributed by atoms with E-state index in [1.165, 1.54) is 0 Å². The molecule has 0 unspecified atom stereocenters. The Morgan fingerprint density at radius 3 is 1.95 bits per heavy atom. The lowest BCUT2D eigenvalue weighted by Gasteiger charge is -2.09. The molecule has 0 bridgehead atoms. The van der Waals surface area contributed by atoms with Crippen LogP contribution in [0.15, 0.2) is 34.1 Å². The molecule has 20 heavy (non-hydrogen) atoms. The zero-order valence-electron chi connectivity index (χ0n) is 9.55. The Balaban J connectivity index is 3.10. The van der Waals surface area contributed by atoms with Gasteiger partial charge in [0.2, 0.25) is 0 Å². The summed E-state index contributed by atoms with van der Waals surface area (Å²) in [4.78, 5) is -1.72. The third-order valence-electron chi connectivity index (χ3n) is 2.58. The van der Waals surface area contributed by atoms with Crippen LogP contribution in [-0.4, -0.2) is 36.2 Å². The molecule has 8 nitrogen and oxygen atoms in total. The van der Waals surface area contributed by atoms with Gasteiger partial charge in [-0.25, -0.2) is 0 Å². The lowest BCUT2D eigenvalue weighted by atomic mass is 10.1. The number of fused-ring (bicyclic) bond motifs is 1. The Kier molecular flexibility index (Phi) is 3.13. The second-order valence-corrected chi connectivity index (χ2v) is 6.71. The first-order valence-corrected chi connectivity index (χ1v) is 7.83. The van der Waals surface area contributed by atoms with E-state index in [0.717, 1.165) is 18.2 Å². The summed E-state index contributed by atoms with van der Waals surface area (Å²) in [6, 6.07) is 3.48.